The van der Waals surface area contributed by atoms with E-state index in [-0.39, 0.29) is 36.0 Å². The maximum atomic E-state index is 13.7. The van der Waals surface area contributed by atoms with Gasteiger partial charge in [-0.25, -0.2) is 23.5 Å². The van der Waals surface area contributed by atoms with Crippen LogP contribution in [-0.2, 0) is 16.1 Å². The number of nitrogens with zero attached hydrogens (tertiary/aromatic N) is 3. The van der Waals surface area contributed by atoms with E-state index in [0.29, 0.717) is 30.4 Å². The number of phenolic OH excluding ortho intramolecular Hbond substituents is 1. The van der Waals surface area contributed by atoms with Gasteiger partial charge in [0.1, 0.15) is 0 Å². The Hall–Kier alpha value is -3.45. The summed E-state index contributed by atoms with van der Waals surface area (Å²) in [5.41, 5.74) is 1.42. The average molecular weight is 688 g/mol. The summed E-state index contributed by atoms with van der Waals surface area (Å²) in [6.45, 7) is 0.115. The monoisotopic (exact) mass is 687 g/mol. The number of methoxy groups -OCH3 is 1. The Labute approximate surface area is 237 Å². The molecule has 2 atom stereocenters. The molecule has 0 spiro atoms. The summed E-state index contributed by atoms with van der Waals surface area (Å²) in [6, 6.07) is 11.3. The molecular weight excluding hydrogens is 669 g/mol. The van der Waals surface area contributed by atoms with Crippen molar-refractivity contribution >= 4 is 50.1 Å². The van der Waals surface area contributed by atoms with Crippen molar-refractivity contribution < 1.29 is 19.4 Å². The van der Waals surface area contributed by atoms with Gasteiger partial charge < -0.3 is 9.84 Å². The van der Waals surface area contributed by atoms with E-state index in [4.69, 9.17) is 4.74 Å². The van der Waals surface area contributed by atoms with Crippen LogP contribution in [0.3, 0.4) is 0 Å². The van der Waals surface area contributed by atoms with Crippen molar-refractivity contribution in [3.05, 3.63) is 106 Å². The summed E-state index contributed by atoms with van der Waals surface area (Å²) in [5, 5.41) is 10.4. The molecule has 0 fully saturated rings. The summed E-state index contributed by atoms with van der Waals surface area (Å²) in [6.07, 6.45) is 3.26. The van der Waals surface area contributed by atoms with E-state index in [1.54, 1.807) is 42.5 Å². The first-order valence-corrected chi connectivity index (χ1v) is 13.6. The zero-order valence-corrected chi connectivity index (χ0v) is 23.6. The zero-order valence-electron chi connectivity index (χ0n) is 19.9. The van der Waals surface area contributed by atoms with Gasteiger partial charge in [0.15, 0.2) is 23.1 Å². The number of carbonyl (C=O) groups excluding carboxylic acids is 2. The highest BCUT2D eigenvalue weighted by Gasteiger charge is 2.45. The summed E-state index contributed by atoms with van der Waals surface area (Å²) in [7, 11) is 1.42. The molecule has 192 valence electrons. The number of carbonyl (C=O) groups is 2. The number of halogens is 2. The molecule has 2 heterocycles. The van der Waals surface area contributed by atoms with Crippen LogP contribution in [0.5, 0.6) is 11.5 Å². The fourth-order valence-electron chi connectivity index (χ4n) is 5.56. The topological polar surface area (TPSA) is 113 Å². The number of phenols is 1. The second-order valence-electron chi connectivity index (χ2n) is 9.15. The van der Waals surface area contributed by atoms with Crippen LogP contribution in [-0.4, -0.2) is 37.7 Å². The molecule has 0 saturated carbocycles. The minimum Gasteiger partial charge on any atom is -0.503 e. The molecule has 0 bridgehead atoms. The van der Waals surface area contributed by atoms with Gasteiger partial charge in [-0.1, -0.05) is 24.3 Å². The number of Topliss-reactive ketones (excluding diaryl/α,β-unsaturated/α-hetero) is 1. The molecule has 1 aromatic heterocycles. The molecular formula is C27H19BrIN3O6. The molecule has 3 aromatic rings. The summed E-state index contributed by atoms with van der Waals surface area (Å²) < 4.78 is 9.91. The van der Waals surface area contributed by atoms with Crippen LogP contribution in [0.25, 0.3) is 5.69 Å². The van der Waals surface area contributed by atoms with Gasteiger partial charge in [0.25, 0.3) is 0 Å². The van der Waals surface area contributed by atoms with E-state index in [1.165, 1.54) is 22.5 Å². The van der Waals surface area contributed by atoms with Crippen LogP contribution in [0.4, 0.5) is 0 Å². The third-order valence-electron chi connectivity index (χ3n) is 7.22. The van der Waals surface area contributed by atoms with E-state index >= 15 is 0 Å². The number of fused-ring (bicyclic) bond motifs is 3. The quantitative estimate of drug-likeness (QED) is 0.255. The molecule has 3 aliphatic rings. The van der Waals surface area contributed by atoms with Gasteiger partial charge in [0.05, 0.1) is 33.4 Å². The molecule has 0 amide bonds. The molecule has 11 heteroatoms. The number of rotatable bonds is 3. The Morgan fingerprint density at radius 3 is 2.53 bits per heavy atom. The summed E-state index contributed by atoms with van der Waals surface area (Å²) in [4.78, 5) is 53.8. The van der Waals surface area contributed by atoms with Crippen molar-refractivity contribution in [3.63, 3.8) is 0 Å². The summed E-state index contributed by atoms with van der Waals surface area (Å²) in [5.74, 6) is -1.15. The second-order valence-corrected chi connectivity index (χ2v) is 11.2. The van der Waals surface area contributed by atoms with Crippen molar-refractivity contribution in [1.29, 1.82) is 0 Å². The van der Waals surface area contributed by atoms with Crippen molar-refractivity contribution in [3.8, 4) is 17.2 Å². The molecule has 1 N–H and O–H groups in total. The Morgan fingerprint density at radius 2 is 1.82 bits per heavy atom. The van der Waals surface area contributed by atoms with Crippen LogP contribution in [0.2, 0.25) is 0 Å². The van der Waals surface area contributed by atoms with Crippen molar-refractivity contribution in [1.82, 2.24) is 13.9 Å². The largest absolute Gasteiger partial charge is 0.503 e. The molecule has 38 heavy (non-hydrogen) atoms. The lowest BCUT2D eigenvalue weighted by Crippen LogP contribution is -2.40. The predicted octanol–water partition coefficient (Wildman–Crippen LogP) is 3.71. The Bertz CT molecular complexity index is 1780. The Morgan fingerprint density at radius 1 is 1.08 bits per heavy atom. The van der Waals surface area contributed by atoms with Crippen molar-refractivity contribution in [2.45, 2.75) is 24.9 Å². The molecule has 2 unspecified atom stereocenters. The lowest BCUT2D eigenvalue weighted by atomic mass is 9.69. The lowest BCUT2D eigenvalue weighted by Gasteiger charge is -2.39. The standard InChI is InChI=1S/C27H19BrIN3O6/c1-38-21-10-13(9-17(28)24(21)34)22-15-7-8-30-26(36)31(14-5-3-2-4-6-14)27(37)32(30)19(15)11-16-20(33)12-18(29)25(35)23(16)22/h2-7,9-10,12,19,22,34H,8,11H2,1H3. The van der Waals surface area contributed by atoms with Gasteiger partial charge in [-0.15, -0.1) is 0 Å². The molecule has 0 saturated heterocycles. The first kappa shape index (κ1) is 24.9. The van der Waals surface area contributed by atoms with E-state index in [2.05, 4.69) is 15.9 Å². The fraction of sp³-hybridized carbons (Fsp3) is 0.185. The lowest BCUT2D eigenvalue weighted by molar-refractivity contribution is -0.115. The van der Waals surface area contributed by atoms with Crippen LogP contribution in [0, 0.1) is 0 Å². The highest BCUT2D eigenvalue weighted by molar-refractivity contribution is 14.1. The first-order valence-electron chi connectivity index (χ1n) is 11.7. The number of aromatic nitrogens is 3. The smallest absolute Gasteiger partial charge is 0.352 e. The van der Waals surface area contributed by atoms with Gasteiger partial charge in [-0.05, 0) is 73.9 Å². The van der Waals surface area contributed by atoms with Crippen LogP contribution < -0.4 is 16.1 Å². The number of hydrogen-bond acceptors (Lipinski definition) is 6. The van der Waals surface area contributed by atoms with E-state index in [9.17, 15) is 24.3 Å². The normalized spacial score (nSPS) is 20.4. The maximum Gasteiger partial charge on any atom is 0.352 e. The van der Waals surface area contributed by atoms with Gasteiger partial charge in [-0.2, -0.15) is 0 Å². The Balaban J connectivity index is 1.61. The van der Waals surface area contributed by atoms with E-state index in [1.807, 2.05) is 28.7 Å². The number of hydrogen-bond donors (Lipinski definition) is 1. The van der Waals surface area contributed by atoms with Crippen molar-refractivity contribution in [2.75, 3.05) is 7.11 Å². The third-order valence-corrected chi connectivity index (χ3v) is 8.62. The van der Waals surface area contributed by atoms with E-state index in [0.717, 1.165) is 10.1 Å². The van der Waals surface area contributed by atoms with Crippen molar-refractivity contribution in [2.24, 2.45) is 0 Å². The van der Waals surface area contributed by atoms with Gasteiger partial charge in [-0.3, -0.25) is 9.59 Å². The Kier molecular flexibility index (Phi) is 5.94. The fourth-order valence-corrected chi connectivity index (χ4v) is 6.59. The van der Waals surface area contributed by atoms with E-state index < -0.39 is 23.3 Å². The number of benzene rings is 2. The minimum absolute atomic E-state index is 0.0944. The second kappa shape index (κ2) is 9.09. The summed E-state index contributed by atoms with van der Waals surface area (Å²) >= 11 is 5.23. The van der Waals surface area contributed by atoms with Gasteiger partial charge in [0, 0.05) is 29.6 Å². The van der Waals surface area contributed by atoms with Gasteiger partial charge in [0.2, 0.25) is 0 Å². The van der Waals surface area contributed by atoms with Crippen LogP contribution in [0.1, 0.15) is 23.9 Å². The molecule has 9 nitrogen and oxygen atoms in total. The maximum absolute atomic E-state index is 13.7. The molecule has 2 aromatic carbocycles. The average Bonchev–Trinajstić information content (AvgIpc) is 3.17. The SMILES string of the molecule is COc1cc(C2C3=CCn4c(=O)n(-c5ccccc5)c(=O)n4C3CC3=C2C(=O)C(I)=CC3=O)cc(Br)c1O. The van der Waals surface area contributed by atoms with Gasteiger partial charge >= 0.3 is 11.4 Å². The van der Waals surface area contributed by atoms with Crippen LogP contribution >= 0.6 is 38.5 Å². The number of ether oxygens (including phenoxy) is 1. The third kappa shape index (κ3) is 3.55. The number of para-hydroxylation sites is 1. The molecule has 2 aliphatic carbocycles. The molecule has 1 aliphatic heterocycles. The molecule has 6 rings (SSSR count). The number of allylic oxidation sites excluding steroid dienone is 6. The molecule has 0 radical (unpaired) electrons. The van der Waals surface area contributed by atoms with Crippen LogP contribution in [0.15, 0.2) is 89.0 Å². The highest BCUT2D eigenvalue weighted by Crippen LogP contribution is 2.52. The number of ketones is 2. The zero-order chi connectivity index (χ0) is 26.9. The highest BCUT2D eigenvalue weighted by atomic mass is 127. The predicted molar refractivity (Wildman–Crippen MR) is 150 cm³/mol. The minimum atomic E-state index is -0.694. The number of aromatic hydroxyl groups is 1. The first-order chi connectivity index (χ1) is 18.2.